The molecule has 120 valence electrons. The van der Waals surface area contributed by atoms with Crippen LogP contribution < -0.4 is 5.19 Å². The minimum atomic E-state index is -1.55. The van der Waals surface area contributed by atoms with Gasteiger partial charge in [0.1, 0.15) is 0 Å². The second-order valence-corrected chi connectivity index (χ2v) is 13.3. The molecule has 2 radical (unpaired) electrons. The van der Waals surface area contributed by atoms with Gasteiger partial charge in [0.15, 0.2) is 8.32 Å². The third-order valence-corrected chi connectivity index (χ3v) is 6.77. The Balaban J connectivity index is 1.98. The summed E-state index contributed by atoms with van der Waals surface area (Å²) >= 11 is 0. The van der Waals surface area contributed by atoms with Crippen LogP contribution in [0.25, 0.3) is 0 Å². The molecule has 1 fully saturated rings. The molecular formula is C19H30OSi2. The van der Waals surface area contributed by atoms with Gasteiger partial charge in [0.25, 0.3) is 0 Å². The van der Waals surface area contributed by atoms with E-state index in [1.54, 1.807) is 0 Å². The second-order valence-electron chi connectivity index (χ2n) is 7.40. The van der Waals surface area contributed by atoms with Gasteiger partial charge in [-0.3, -0.25) is 0 Å². The van der Waals surface area contributed by atoms with Crippen molar-refractivity contribution in [3.8, 4) is 0 Å². The molecule has 0 N–H and O–H groups in total. The van der Waals surface area contributed by atoms with Crippen molar-refractivity contribution in [2.24, 2.45) is 5.92 Å². The maximum Gasteiger partial charge on any atom is 0.184 e. The predicted molar refractivity (Wildman–Crippen MR) is 101 cm³/mol. The Hall–Kier alpha value is -0.646. The highest BCUT2D eigenvalue weighted by molar-refractivity contribution is 6.69. The molecule has 0 bridgehead atoms. The highest BCUT2D eigenvalue weighted by atomic mass is 28.4. The van der Waals surface area contributed by atoms with Crippen LogP contribution >= 0.6 is 0 Å². The molecule has 22 heavy (non-hydrogen) atoms. The number of rotatable bonds is 7. The second kappa shape index (κ2) is 7.76. The molecule has 2 rings (SSSR count). The summed E-state index contributed by atoms with van der Waals surface area (Å²) in [5.41, 5.74) is -0.0517. The summed E-state index contributed by atoms with van der Waals surface area (Å²) in [5.74, 6) is 0.654. The van der Waals surface area contributed by atoms with Gasteiger partial charge >= 0.3 is 0 Å². The Morgan fingerprint density at radius 2 is 2.00 bits per heavy atom. The van der Waals surface area contributed by atoms with E-state index in [0.29, 0.717) is 5.92 Å². The first kappa shape index (κ1) is 17.7. The van der Waals surface area contributed by atoms with Crippen molar-refractivity contribution in [1.82, 2.24) is 0 Å². The van der Waals surface area contributed by atoms with E-state index < -0.39 is 8.32 Å². The summed E-state index contributed by atoms with van der Waals surface area (Å²) < 4.78 is 6.65. The average molecular weight is 331 g/mol. The van der Waals surface area contributed by atoms with Crippen molar-refractivity contribution in [1.29, 1.82) is 0 Å². The van der Waals surface area contributed by atoms with Crippen molar-refractivity contribution < 1.29 is 4.43 Å². The van der Waals surface area contributed by atoms with Gasteiger partial charge in [-0.2, -0.15) is 0 Å². The van der Waals surface area contributed by atoms with E-state index >= 15 is 0 Å². The largest absolute Gasteiger partial charge is 0.408 e. The zero-order valence-corrected chi connectivity index (χ0v) is 16.4. The van der Waals surface area contributed by atoms with Crippen LogP contribution in [0, 0.1) is 5.92 Å². The molecule has 3 heteroatoms. The average Bonchev–Trinajstić information content (AvgIpc) is 2.48. The summed E-state index contributed by atoms with van der Waals surface area (Å²) in [6.07, 6.45) is 8.51. The van der Waals surface area contributed by atoms with Gasteiger partial charge in [0, 0.05) is 0 Å². The Morgan fingerprint density at radius 1 is 1.27 bits per heavy atom. The predicted octanol–water partition coefficient (Wildman–Crippen LogP) is 4.79. The lowest BCUT2D eigenvalue weighted by Gasteiger charge is -2.46. The number of hydrogen-bond donors (Lipinski definition) is 0. The van der Waals surface area contributed by atoms with Crippen molar-refractivity contribution in [3.63, 3.8) is 0 Å². The van der Waals surface area contributed by atoms with Gasteiger partial charge in [0.2, 0.25) is 0 Å². The van der Waals surface area contributed by atoms with Gasteiger partial charge in [0.05, 0.1) is 15.1 Å². The smallest absolute Gasteiger partial charge is 0.184 e. The Morgan fingerprint density at radius 3 is 2.64 bits per heavy atom. The number of benzene rings is 1. The monoisotopic (exact) mass is 330 g/mol. The van der Waals surface area contributed by atoms with Gasteiger partial charge in [-0.15, -0.1) is 6.58 Å². The van der Waals surface area contributed by atoms with E-state index in [1.807, 2.05) is 0 Å². The molecular weight excluding hydrogens is 300 g/mol. The highest BCUT2D eigenvalue weighted by Crippen LogP contribution is 2.42. The Labute approximate surface area is 140 Å². The lowest BCUT2D eigenvalue weighted by Crippen LogP contribution is -2.48. The van der Waals surface area contributed by atoms with Crippen LogP contribution in [0.5, 0.6) is 0 Å². The molecule has 1 aliphatic carbocycles. The SMILES string of the molecule is C=C[C@@]1(O[Si](C)(C)C)CCCC[C@@H]1CC[Si]c1ccccc1. The zero-order valence-electron chi connectivity index (χ0n) is 14.4. The van der Waals surface area contributed by atoms with Crippen LogP contribution in [0.1, 0.15) is 32.1 Å². The first-order chi connectivity index (χ1) is 10.5. The fraction of sp³-hybridized carbons (Fsp3) is 0.579. The quantitative estimate of drug-likeness (QED) is 0.516. The Bertz CT molecular complexity index is 466. The van der Waals surface area contributed by atoms with Crippen LogP contribution in [-0.2, 0) is 4.43 Å². The molecule has 0 saturated heterocycles. The molecule has 0 heterocycles. The zero-order chi connectivity index (χ0) is 16.1. The van der Waals surface area contributed by atoms with E-state index in [0.717, 1.165) is 9.52 Å². The third kappa shape index (κ3) is 4.93. The topological polar surface area (TPSA) is 9.23 Å². The molecule has 1 aromatic rings. The normalized spacial score (nSPS) is 25.9. The van der Waals surface area contributed by atoms with E-state index in [1.165, 1.54) is 43.3 Å². The van der Waals surface area contributed by atoms with E-state index in [9.17, 15) is 0 Å². The minimum absolute atomic E-state index is 0.0517. The van der Waals surface area contributed by atoms with Gasteiger partial charge < -0.3 is 4.43 Å². The molecule has 0 spiro atoms. The fourth-order valence-corrected chi connectivity index (χ4v) is 6.29. The van der Waals surface area contributed by atoms with Crippen molar-refractivity contribution in [2.75, 3.05) is 0 Å². The summed E-state index contributed by atoms with van der Waals surface area (Å²) in [4.78, 5) is 0. The van der Waals surface area contributed by atoms with E-state index in [-0.39, 0.29) is 5.60 Å². The van der Waals surface area contributed by atoms with Crippen molar-refractivity contribution in [3.05, 3.63) is 43.0 Å². The van der Waals surface area contributed by atoms with Crippen LogP contribution in [0.2, 0.25) is 25.7 Å². The maximum absolute atomic E-state index is 6.65. The van der Waals surface area contributed by atoms with Crippen molar-refractivity contribution >= 4 is 23.0 Å². The molecule has 2 atom stereocenters. The molecule has 0 amide bonds. The Kier molecular flexibility index (Phi) is 6.24. The molecule has 1 aliphatic rings. The first-order valence-electron chi connectivity index (χ1n) is 8.58. The summed E-state index contributed by atoms with van der Waals surface area (Å²) in [6.45, 7) is 11.1. The van der Waals surface area contributed by atoms with Crippen LogP contribution in [0.3, 0.4) is 0 Å². The molecule has 1 aromatic carbocycles. The number of hydrogen-bond acceptors (Lipinski definition) is 1. The van der Waals surface area contributed by atoms with Crippen LogP contribution in [-0.4, -0.2) is 23.4 Å². The lowest BCUT2D eigenvalue weighted by atomic mass is 9.74. The minimum Gasteiger partial charge on any atom is -0.408 e. The summed E-state index contributed by atoms with van der Waals surface area (Å²) in [6, 6.07) is 12.2. The third-order valence-electron chi connectivity index (χ3n) is 4.50. The van der Waals surface area contributed by atoms with Crippen LogP contribution in [0.4, 0.5) is 0 Å². The fourth-order valence-electron chi connectivity index (χ4n) is 3.59. The first-order valence-corrected chi connectivity index (χ1v) is 13.2. The molecule has 0 aliphatic heterocycles. The van der Waals surface area contributed by atoms with Crippen molar-refractivity contribution in [2.45, 2.75) is 63.4 Å². The maximum atomic E-state index is 6.65. The van der Waals surface area contributed by atoms with Gasteiger partial charge in [-0.25, -0.2) is 0 Å². The molecule has 1 saturated carbocycles. The van der Waals surface area contributed by atoms with Gasteiger partial charge in [-0.05, 0) is 44.8 Å². The lowest BCUT2D eigenvalue weighted by molar-refractivity contribution is 0.0110. The molecule has 0 unspecified atom stereocenters. The molecule has 1 nitrogen and oxygen atoms in total. The van der Waals surface area contributed by atoms with Gasteiger partial charge in [-0.1, -0.05) is 60.5 Å². The van der Waals surface area contributed by atoms with E-state index in [4.69, 9.17) is 4.43 Å². The summed E-state index contributed by atoms with van der Waals surface area (Å²) in [5, 5.41) is 1.48. The van der Waals surface area contributed by atoms with Crippen LogP contribution in [0.15, 0.2) is 43.0 Å². The summed E-state index contributed by atoms with van der Waals surface area (Å²) in [7, 11) is -0.636. The standard InChI is InChI=1S/C19H30OSi2/c1-5-19(20-22(2,3)4)15-10-9-11-17(19)14-16-21-18-12-7-6-8-13-18/h5-8,12-13,17H,1,9-11,14-16H2,2-4H3/t17-,19-/m1/s1. The molecule has 0 aromatic heterocycles. The highest BCUT2D eigenvalue weighted by Gasteiger charge is 2.41. The van der Waals surface area contributed by atoms with E-state index in [2.05, 4.69) is 62.6 Å².